The second kappa shape index (κ2) is 7.22. The number of fused-ring (bicyclic) bond motifs is 1. The lowest BCUT2D eigenvalue weighted by molar-refractivity contribution is -0.121. The van der Waals surface area contributed by atoms with E-state index >= 15 is 0 Å². The smallest absolute Gasteiger partial charge is 0.224 e. The van der Waals surface area contributed by atoms with Gasteiger partial charge in [0.2, 0.25) is 5.91 Å². The van der Waals surface area contributed by atoms with Crippen LogP contribution in [0.15, 0.2) is 18.2 Å². The normalized spacial score (nSPS) is 28.9. The van der Waals surface area contributed by atoms with Crippen LogP contribution in [-0.4, -0.2) is 60.4 Å². The average Bonchev–Trinajstić information content (AvgIpc) is 3.23. The fourth-order valence-corrected chi connectivity index (χ4v) is 4.26. The molecule has 0 spiro atoms. The van der Waals surface area contributed by atoms with Crippen molar-refractivity contribution in [1.82, 2.24) is 10.2 Å². The number of aliphatic hydroxyl groups is 1. The van der Waals surface area contributed by atoms with Gasteiger partial charge in [-0.15, -0.1) is 0 Å². The summed E-state index contributed by atoms with van der Waals surface area (Å²) in [6, 6.07) is 6.25. The van der Waals surface area contributed by atoms with Crippen LogP contribution in [0, 0.1) is 0 Å². The van der Waals surface area contributed by atoms with Crippen LogP contribution in [0.2, 0.25) is 0 Å². The van der Waals surface area contributed by atoms with E-state index < -0.39 is 0 Å². The molecular weight excluding hydrogens is 320 g/mol. The van der Waals surface area contributed by atoms with Crippen molar-refractivity contribution in [3.8, 4) is 11.5 Å². The standard InChI is InChI=1S/C19H26N2O4/c22-14-6-7-21(12-14)16-3-1-2-15(16)20-19(23)11-13-4-5-17-18(10-13)25-9-8-24-17/h4-5,10,14-16,22H,1-3,6-9,11-12H2,(H,20,23)/t14?,15-,16+/m1/s1. The maximum Gasteiger partial charge on any atom is 0.224 e. The predicted molar refractivity (Wildman–Crippen MR) is 92.9 cm³/mol. The molecule has 4 rings (SSSR count). The van der Waals surface area contributed by atoms with Gasteiger partial charge in [-0.25, -0.2) is 0 Å². The Balaban J connectivity index is 1.35. The first-order chi connectivity index (χ1) is 12.2. The summed E-state index contributed by atoms with van der Waals surface area (Å²) in [4.78, 5) is 14.9. The Morgan fingerprint density at radius 3 is 2.84 bits per heavy atom. The van der Waals surface area contributed by atoms with Crippen LogP contribution < -0.4 is 14.8 Å². The number of carbonyl (C=O) groups is 1. The van der Waals surface area contributed by atoms with E-state index in [1.807, 2.05) is 18.2 Å². The van der Waals surface area contributed by atoms with Gasteiger partial charge in [0.1, 0.15) is 13.2 Å². The van der Waals surface area contributed by atoms with Gasteiger partial charge in [0.25, 0.3) is 0 Å². The Bertz CT molecular complexity index is 636. The second-order valence-corrected chi connectivity index (χ2v) is 7.26. The molecule has 136 valence electrons. The van der Waals surface area contributed by atoms with Gasteiger partial charge in [0.05, 0.1) is 12.5 Å². The lowest BCUT2D eigenvalue weighted by atomic mass is 10.1. The monoisotopic (exact) mass is 346 g/mol. The van der Waals surface area contributed by atoms with Crippen LogP contribution in [0.1, 0.15) is 31.2 Å². The molecule has 1 unspecified atom stereocenters. The summed E-state index contributed by atoms with van der Waals surface area (Å²) in [5, 5.41) is 13.0. The molecule has 1 saturated heterocycles. The topological polar surface area (TPSA) is 71.0 Å². The Labute approximate surface area is 148 Å². The first kappa shape index (κ1) is 16.7. The molecule has 25 heavy (non-hydrogen) atoms. The molecule has 6 heteroatoms. The van der Waals surface area contributed by atoms with E-state index in [-0.39, 0.29) is 18.1 Å². The molecule has 2 N–H and O–H groups in total. The highest BCUT2D eigenvalue weighted by Gasteiger charge is 2.36. The van der Waals surface area contributed by atoms with Gasteiger partial charge >= 0.3 is 0 Å². The van der Waals surface area contributed by atoms with Crippen LogP contribution in [0.4, 0.5) is 0 Å². The van der Waals surface area contributed by atoms with Gasteiger partial charge in [0.15, 0.2) is 11.5 Å². The van der Waals surface area contributed by atoms with E-state index in [2.05, 4.69) is 10.2 Å². The van der Waals surface area contributed by atoms with Crippen molar-refractivity contribution in [3.63, 3.8) is 0 Å². The summed E-state index contributed by atoms with van der Waals surface area (Å²) >= 11 is 0. The minimum Gasteiger partial charge on any atom is -0.486 e. The summed E-state index contributed by atoms with van der Waals surface area (Å²) in [6.45, 7) is 2.79. The molecule has 0 radical (unpaired) electrons. The zero-order chi connectivity index (χ0) is 17.2. The van der Waals surface area contributed by atoms with E-state index in [4.69, 9.17) is 9.47 Å². The number of nitrogens with zero attached hydrogens (tertiary/aromatic N) is 1. The Morgan fingerprint density at radius 2 is 2.04 bits per heavy atom. The number of nitrogens with one attached hydrogen (secondary N) is 1. The number of ether oxygens (including phenoxy) is 2. The first-order valence-corrected chi connectivity index (χ1v) is 9.29. The minimum absolute atomic E-state index is 0.0494. The van der Waals surface area contributed by atoms with Crippen LogP contribution in [0.3, 0.4) is 0 Å². The number of carbonyl (C=O) groups excluding carboxylic acids is 1. The fourth-order valence-electron chi connectivity index (χ4n) is 4.26. The number of benzene rings is 1. The zero-order valence-electron chi connectivity index (χ0n) is 14.4. The largest absolute Gasteiger partial charge is 0.486 e. The molecule has 1 aliphatic carbocycles. The first-order valence-electron chi connectivity index (χ1n) is 9.29. The third kappa shape index (κ3) is 3.75. The van der Waals surface area contributed by atoms with Crippen molar-refractivity contribution in [1.29, 1.82) is 0 Å². The number of hydrogen-bond donors (Lipinski definition) is 2. The number of β-amino-alcohol motifs (C(OH)–C–C–N with tert-alkyl or cyclic N) is 1. The highest BCUT2D eigenvalue weighted by atomic mass is 16.6. The highest BCUT2D eigenvalue weighted by molar-refractivity contribution is 5.79. The molecule has 2 aliphatic heterocycles. The molecule has 1 saturated carbocycles. The maximum atomic E-state index is 12.5. The summed E-state index contributed by atoms with van der Waals surface area (Å²) in [5.74, 6) is 1.52. The van der Waals surface area contributed by atoms with E-state index in [9.17, 15) is 9.90 Å². The molecule has 3 aliphatic rings. The number of amides is 1. The van der Waals surface area contributed by atoms with E-state index in [0.717, 1.165) is 55.8 Å². The van der Waals surface area contributed by atoms with Crippen molar-refractivity contribution in [3.05, 3.63) is 23.8 Å². The Morgan fingerprint density at radius 1 is 1.20 bits per heavy atom. The van der Waals surface area contributed by atoms with Gasteiger partial charge < -0.3 is 19.9 Å². The van der Waals surface area contributed by atoms with Crippen molar-refractivity contribution in [2.75, 3.05) is 26.3 Å². The number of rotatable bonds is 4. The molecule has 2 heterocycles. The summed E-state index contributed by atoms with van der Waals surface area (Å²) in [6.07, 6.45) is 4.23. The average molecular weight is 346 g/mol. The van der Waals surface area contributed by atoms with Gasteiger partial charge in [-0.05, 0) is 43.4 Å². The van der Waals surface area contributed by atoms with Crippen molar-refractivity contribution in [2.24, 2.45) is 0 Å². The van der Waals surface area contributed by atoms with Crippen molar-refractivity contribution >= 4 is 5.91 Å². The number of likely N-dealkylation sites (tertiary alicyclic amines) is 1. The van der Waals surface area contributed by atoms with Crippen LogP contribution >= 0.6 is 0 Å². The summed E-state index contributed by atoms with van der Waals surface area (Å²) < 4.78 is 11.1. The third-order valence-electron chi connectivity index (χ3n) is 5.46. The van der Waals surface area contributed by atoms with Crippen molar-refractivity contribution in [2.45, 2.75) is 50.3 Å². The molecule has 1 aromatic carbocycles. The summed E-state index contributed by atoms with van der Waals surface area (Å²) in [7, 11) is 0. The van der Waals surface area contributed by atoms with Crippen LogP contribution in [0.5, 0.6) is 11.5 Å². The minimum atomic E-state index is -0.213. The van der Waals surface area contributed by atoms with Gasteiger partial charge in [-0.3, -0.25) is 9.69 Å². The number of aliphatic hydroxyl groups excluding tert-OH is 1. The SMILES string of the molecule is O=C(Cc1ccc2c(c1)OCCO2)N[C@@H]1CCC[C@@H]1N1CCC(O)C1. The van der Waals surface area contributed by atoms with Crippen LogP contribution in [0.25, 0.3) is 0 Å². The summed E-state index contributed by atoms with van der Waals surface area (Å²) in [5.41, 5.74) is 0.938. The zero-order valence-corrected chi connectivity index (χ0v) is 14.4. The lowest BCUT2D eigenvalue weighted by Gasteiger charge is -2.29. The van der Waals surface area contributed by atoms with E-state index in [1.165, 1.54) is 0 Å². The third-order valence-corrected chi connectivity index (χ3v) is 5.46. The van der Waals surface area contributed by atoms with E-state index in [0.29, 0.717) is 25.7 Å². The quantitative estimate of drug-likeness (QED) is 0.854. The maximum absolute atomic E-state index is 12.5. The van der Waals surface area contributed by atoms with Crippen LogP contribution in [-0.2, 0) is 11.2 Å². The molecule has 3 atom stereocenters. The molecule has 1 amide bonds. The lowest BCUT2D eigenvalue weighted by Crippen LogP contribution is -2.48. The van der Waals surface area contributed by atoms with Gasteiger partial charge in [0, 0.05) is 25.2 Å². The molecular formula is C19H26N2O4. The number of hydrogen-bond acceptors (Lipinski definition) is 5. The second-order valence-electron chi connectivity index (χ2n) is 7.26. The molecule has 0 bridgehead atoms. The van der Waals surface area contributed by atoms with E-state index in [1.54, 1.807) is 0 Å². The Kier molecular flexibility index (Phi) is 4.81. The Hall–Kier alpha value is -1.79. The highest BCUT2D eigenvalue weighted by Crippen LogP contribution is 2.31. The molecule has 6 nitrogen and oxygen atoms in total. The fraction of sp³-hybridized carbons (Fsp3) is 0.632. The molecule has 2 fully saturated rings. The van der Waals surface area contributed by atoms with Crippen molar-refractivity contribution < 1.29 is 19.4 Å². The van der Waals surface area contributed by atoms with Gasteiger partial charge in [-0.1, -0.05) is 6.07 Å². The molecule has 1 aromatic rings. The molecule has 0 aromatic heterocycles. The van der Waals surface area contributed by atoms with Gasteiger partial charge in [-0.2, -0.15) is 0 Å². The predicted octanol–water partition coefficient (Wildman–Crippen LogP) is 1.10.